The maximum Gasteiger partial charge on any atom is 0.273 e. The van der Waals surface area contributed by atoms with Crippen LogP contribution in [0.1, 0.15) is 34.5 Å². The Bertz CT molecular complexity index is 1090. The van der Waals surface area contributed by atoms with Crippen LogP contribution in [0, 0.1) is 0 Å². The molecule has 4 rings (SSSR count). The molecule has 2 aromatic heterocycles. The third kappa shape index (κ3) is 3.81. The lowest BCUT2D eigenvalue weighted by Gasteiger charge is -2.07. The Balaban J connectivity index is 1.43. The number of rotatable bonds is 6. The highest BCUT2D eigenvalue weighted by molar-refractivity contribution is 6.03. The van der Waals surface area contributed by atoms with Gasteiger partial charge in [0.15, 0.2) is 0 Å². The number of benzene rings is 2. The van der Waals surface area contributed by atoms with E-state index >= 15 is 0 Å². The van der Waals surface area contributed by atoms with Gasteiger partial charge in [-0.05, 0) is 48.7 Å². The van der Waals surface area contributed by atoms with E-state index in [0.29, 0.717) is 5.69 Å². The summed E-state index contributed by atoms with van der Waals surface area (Å²) in [6.07, 6.45) is 2.46. The molecular formula is C22H23N5O. The number of aromatic amines is 1. The van der Waals surface area contributed by atoms with Crippen molar-refractivity contribution in [2.45, 2.75) is 26.2 Å². The van der Waals surface area contributed by atoms with Crippen LogP contribution >= 0.6 is 0 Å². The third-order valence-electron chi connectivity index (χ3n) is 4.80. The van der Waals surface area contributed by atoms with Crippen molar-refractivity contribution in [2.24, 2.45) is 7.05 Å². The van der Waals surface area contributed by atoms with E-state index in [9.17, 15) is 4.79 Å². The summed E-state index contributed by atoms with van der Waals surface area (Å²) >= 11 is 0. The molecule has 0 saturated carbocycles. The Kier molecular flexibility index (Phi) is 4.93. The highest BCUT2D eigenvalue weighted by Gasteiger charge is 2.13. The molecule has 0 saturated heterocycles. The van der Waals surface area contributed by atoms with Crippen LogP contribution in [0.2, 0.25) is 0 Å². The number of nitrogens with one attached hydrogen (secondary N) is 2. The van der Waals surface area contributed by atoms with Gasteiger partial charge in [-0.1, -0.05) is 31.2 Å². The minimum absolute atomic E-state index is 0.149. The van der Waals surface area contributed by atoms with Crippen LogP contribution < -0.4 is 5.32 Å². The van der Waals surface area contributed by atoms with Gasteiger partial charge in [-0.15, -0.1) is 0 Å². The van der Waals surface area contributed by atoms with Crippen molar-refractivity contribution in [1.82, 2.24) is 19.7 Å². The van der Waals surface area contributed by atoms with Gasteiger partial charge in [-0.3, -0.25) is 9.48 Å². The molecule has 142 valence electrons. The zero-order chi connectivity index (χ0) is 19.5. The van der Waals surface area contributed by atoms with Crippen molar-refractivity contribution in [2.75, 3.05) is 5.32 Å². The molecule has 0 fully saturated rings. The van der Waals surface area contributed by atoms with Crippen molar-refractivity contribution in [3.05, 3.63) is 77.4 Å². The topological polar surface area (TPSA) is 75.6 Å². The first-order valence-corrected chi connectivity index (χ1v) is 9.49. The molecule has 0 spiro atoms. The molecule has 0 aliphatic rings. The Morgan fingerprint density at radius 1 is 1.11 bits per heavy atom. The number of nitrogens with zero attached hydrogens (tertiary/aromatic N) is 3. The van der Waals surface area contributed by atoms with Crippen LogP contribution in [-0.4, -0.2) is 25.7 Å². The molecule has 0 aliphatic heterocycles. The molecule has 0 bridgehead atoms. The molecule has 2 aromatic carbocycles. The summed E-state index contributed by atoms with van der Waals surface area (Å²) in [5.41, 5.74) is 5.45. The number of carbonyl (C=O) groups excluding carboxylic acids is 1. The van der Waals surface area contributed by atoms with Crippen molar-refractivity contribution < 1.29 is 4.79 Å². The maximum atomic E-state index is 12.6. The van der Waals surface area contributed by atoms with Crippen molar-refractivity contribution in [3.63, 3.8) is 0 Å². The number of anilines is 1. The minimum Gasteiger partial charge on any atom is -0.342 e. The van der Waals surface area contributed by atoms with E-state index in [4.69, 9.17) is 0 Å². The first-order valence-electron chi connectivity index (χ1n) is 9.49. The molecular weight excluding hydrogens is 350 g/mol. The highest BCUT2D eigenvalue weighted by Crippen LogP contribution is 2.16. The number of aryl methyl sites for hydroxylation is 4. The van der Waals surface area contributed by atoms with Crippen LogP contribution in [0.15, 0.2) is 54.6 Å². The van der Waals surface area contributed by atoms with E-state index in [-0.39, 0.29) is 5.91 Å². The lowest BCUT2D eigenvalue weighted by molar-refractivity contribution is 0.101. The van der Waals surface area contributed by atoms with Gasteiger partial charge in [-0.25, -0.2) is 4.98 Å². The van der Waals surface area contributed by atoms with Crippen LogP contribution in [-0.2, 0) is 26.3 Å². The Morgan fingerprint density at radius 3 is 2.75 bits per heavy atom. The number of H-pyrrole nitrogens is 1. The quantitative estimate of drug-likeness (QED) is 0.538. The molecule has 6 heteroatoms. The fourth-order valence-electron chi connectivity index (χ4n) is 3.30. The molecule has 0 unspecified atom stereocenters. The summed E-state index contributed by atoms with van der Waals surface area (Å²) in [6, 6.07) is 17.8. The molecule has 1 amide bonds. The fraction of sp³-hybridized carbons (Fsp3) is 0.227. The van der Waals surface area contributed by atoms with Crippen LogP contribution in [0.25, 0.3) is 11.0 Å². The average Bonchev–Trinajstić information content (AvgIpc) is 3.29. The van der Waals surface area contributed by atoms with E-state index < -0.39 is 0 Å². The Morgan fingerprint density at radius 2 is 1.96 bits per heavy atom. The number of imidazole rings is 1. The lowest BCUT2D eigenvalue weighted by Crippen LogP contribution is -2.16. The van der Waals surface area contributed by atoms with Gasteiger partial charge in [-0.2, -0.15) is 5.10 Å². The first-order chi connectivity index (χ1) is 13.6. The van der Waals surface area contributed by atoms with Gasteiger partial charge in [0, 0.05) is 19.2 Å². The predicted molar refractivity (Wildman–Crippen MR) is 110 cm³/mol. The molecule has 6 nitrogen and oxygen atoms in total. The SMILES string of the molecule is CCc1cc(C(=O)Nc2cccc(CCc3nc4ccccc4[nH]3)c2)n(C)n1. The molecule has 2 heterocycles. The summed E-state index contributed by atoms with van der Waals surface area (Å²) in [4.78, 5) is 20.5. The summed E-state index contributed by atoms with van der Waals surface area (Å²) < 4.78 is 1.62. The Labute approximate surface area is 163 Å². The number of hydrogen-bond donors (Lipinski definition) is 2. The number of fused-ring (bicyclic) bond motifs is 1. The summed E-state index contributed by atoms with van der Waals surface area (Å²) in [5, 5.41) is 7.31. The van der Waals surface area contributed by atoms with E-state index in [1.807, 2.05) is 55.5 Å². The molecule has 4 aromatic rings. The second-order valence-corrected chi connectivity index (χ2v) is 6.85. The first kappa shape index (κ1) is 18.0. The predicted octanol–water partition coefficient (Wildman–Crippen LogP) is 3.90. The van der Waals surface area contributed by atoms with Crippen LogP contribution in [0.4, 0.5) is 5.69 Å². The van der Waals surface area contributed by atoms with Gasteiger partial charge < -0.3 is 10.3 Å². The fourth-order valence-corrected chi connectivity index (χ4v) is 3.30. The number of hydrogen-bond acceptors (Lipinski definition) is 3. The number of amides is 1. The van der Waals surface area contributed by atoms with Crippen LogP contribution in [0.3, 0.4) is 0 Å². The van der Waals surface area contributed by atoms with E-state index in [1.165, 1.54) is 0 Å². The third-order valence-corrected chi connectivity index (χ3v) is 4.80. The summed E-state index contributed by atoms with van der Waals surface area (Å²) in [6.45, 7) is 2.02. The molecule has 0 aliphatic carbocycles. The molecule has 0 radical (unpaired) electrons. The van der Waals surface area contributed by atoms with Gasteiger partial charge in [0.05, 0.1) is 16.7 Å². The van der Waals surface area contributed by atoms with Crippen molar-refractivity contribution >= 4 is 22.6 Å². The lowest BCUT2D eigenvalue weighted by atomic mass is 10.1. The van der Waals surface area contributed by atoms with E-state index in [0.717, 1.165) is 53.1 Å². The van der Waals surface area contributed by atoms with E-state index in [2.05, 4.69) is 26.4 Å². The zero-order valence-electron chi connectivity index (χ0n) is 16.1. The second-order valence-electron chi connectivity index (χ2n) is 6.85. The monoisotopic (exact) mass is 373 g/mol. The van der Waals surface area contributed by atoms with Gasteiger partial charge in [0.2, 0.25) is 0 Å². The van der Waals surface area contributed by atoms with Gasteiger partial charge >= 0.3 is 0 Å². The van der Waals surface area contributed by atoms with Crippen molar-refractivity contribution in [1.29, 1.82) is 0 Å². The average molecular weight is 373 g/mol. The van der Waals surface area contributed by atoms with Crippen LogP contribution in [0.5, 0.6) is 0 Å². The molecule has 28 heavy (non-hydrogen) atoms. The summed E-state index contributed by atoms with van der Waals surface area (Å²) in [7, 11) is 1.79. The van der Waals surface area contributed by atoms with Gasteiger partial charge in [0.1, 0.15) is 11.5 Å². The molecule has 0 atom stereocenters. The second kappa shape index (κ2) is 7.68. The minimum atomic E-state index is -0.149. The van der Waals surface area contributed by atoms with Gasteiger partial charge in [0.25, 0.3) is 5.91 Å². The zero-order valence-corrected chi connectivity index (χ0v) is 16.1. The van der Waals surface area contributed by atoms with E-state index in [1.54, 1.807) is 11.7 Å². The number of carbonyl (C=O) groups is 1. The summed E-state index contributed by atoms with van der Waals surface area (Å²) in [5.74, 6) is 0.821. The maximum absolute atomic E-state index is 12.6. The van der Waals surface area contributed by atoms with Crippen molar-refractivity contribution in [3.8, 4) is 0 Å². The largest absolute Gasteiger partial charge is 0.342 e. The normalized spacial score (nSPS) is 11.1. The standard InChI is InChI=1S/C22H23N5O/c1-3-16-14-20(27(2)26-16)22(28)23-17-8-6-7-15(13-17)11-12-21-24-18-9-4-5-10-19(18)25-21/h4-10,13-14H,3,11-12H2,1-2H3,(H,23,28)(H,24,25). The highest BCUT2D eigenvalue weighted by atomic mass is 16.2. The molecule has 2 N–H and O–H groups in total. The Hall–Kier alpha value is -3.41. The smallest absolute Gasteiger partial charge is 0.273 e. The number of aromatic nitrogens is 4. The number of para-hydroxylation sites is 2.